The number of carbonyl (C=O) groups is 1. The van der Waals surface area contributed by atoms with Crippen molar-refractivity contribution in [2.45, 2.75) is 38.3 Å². The molecule has 3 nitrogen and oxygen atoms in total. The third-order valence-corrected chi connectivity index (χ3v) is 5.63. The zero-order valence-corrected chi connectivity index (χ0v) is 12.8. The third-order valence-electron chi connectivity index (χ3n) is 4.46. The first kappa shape index (κ1) is 14.0. The summed E-state index contributed by atoms with van der Waals surface area (Å²) in [5.74, 6) is 1.56. The van der Waals surface area contributed by atoms with Gasteiger partial charge in [0.15, 0.2) is 5.60 Å². The maximum absolute atomic E-state index is 12.4. The molecule has 1 aromatic rings. The van der Waals surface area contributed by atoms with Crippen molar-refractivity contribution in [2.75, 3.05) is 11.5 Å². The van der Waals surface area contributed by atoms with Crippen molar-refractivity contribution >= 4 is 17.7 Å². The minimum Gasteiger partial charge on any atom is -0.379 e. The van der Waals surface area contributed by atoms with E-state index in [0.717, 1.165) is 12.2 Å². The number of rotatable bonds is 2. The van der Waals surface area contributed by atoms with Gasteiger partial charge < -0.3 is 10.4 Å². The zero-order chi connectivity index (χ0) is 14.3. The van der Waals surface area contributed by atoms with Gasteiger partial charge in [0, 0.05) is 5.75 Å². The van der Waals surface area contributed by atoms with E-state index in [1.54, 1.807) is 11.8 Å². The third kappa shape index (κ3) is 2.35. The molecule has 1 amide bonds. The van der Waals surface area contributed by atoms with Gasteiger partial charge in [0.2, 0.25) is 0 Å². The molecular weight excluding hydrogens is 270 g/mol. The predicted octanol–water partition coefficient (Wildman–Crippen LogP) is 2.21. The molecule has 1 aromatic carbocycles. The topological polar surface area (TPSA) is 49.3 Å². The van der Waals surface area contributed by atoms with Gasteiger partial charge in [0.1, 0.15) is 0 Å². The summed E-state index contributed by atoms with van der Waals surface area (Å²) in [7, 11) is 0. The molecule has 4 heteroatoms. The molecule has 0 saturated carbocycles. The van der Waals surface area contributed by atoms with E-state index < -0.39 is 5.60 Å². The summed E-state index contributed by atoms with van der Waals surface area (Å²) in [5.41, 5.74) is 2.59. The van der Waals surface area contributed by atoms with E-state index in [1.165, 1.54) is 16.7 Å². The van der Waals surface area contributed by atoms with Gasteiger partial charge >= 0.3 is 0 Å². The quantitative estimate of drug-likeness (QED) is 0.878. The van der Waals surface area contributed by atoms with Crippen LogP contribution in [-0.2, 0) is 11.2 Å². The average molecular weight is 291 g/mol. The number of benzene rings is 1. The summed E-state index contributed by atoms with van der Waals surface area (Å²) < 4.78 is 0. The van der Waals surface area contributed by atoms with Gasteiger partial charge in [-0.1, -0.05) is 30.7 Å². The highest BCUT2D eigenvalue weighted by Gasteiger charge is 2.42. The van der Waals surface area contributed by atoms with E-state index in [0.29, 0.717) is 18.1 Å². The van der Waals surface area contributed by atoms with Crippen molar-refractivity contribution < 1.29 is 9.90 Å². The maximum atomic E-state index is 12.4. The van der Waals surface area contributed by atoms with Crippen LogP contribution in [0, 0.1) is 12.8 Å². The van der Waals surface area contributed by atoms with Gasteiger partial charge in [0.25, 0.3) is 5.91 Å². The summed E-state index contributed by atoms with van der Waals surface area (Å²) in [6.45, 7) is 4.23. The zero-order valence-electron chi connectivity index (χ0n) is 12.0. The molecule has 0 radical (unpaired) electrons. The van der Waals surface area contributed by atoms with Crippen molar-refractivity contribution in [3.63, 3.8) is 0 Å². The van der Waals surface area contributed by atoms with Gasteiger partial charge in [-0.25, -0.2) is 0 Å². The fourth-order valence-electron chi connectivity index (χ4n) is 3.19. The molecule has 1 aliphatic carbocycles. The van der Waals surface area contributed by atoms with Crippen LogP contribution in [0.5, 0.6) is 0 Å². The largest absolute Gasteiger partial charge is 0.379 e. The van der Waals surface area contributed by atoms with Crippen molar-refractivity contribution in [1.82, 2.24) is 5.32 Å². The van der Waals surface area contributed by atoms with E-state index >= 15 is 0 Å². The van der Waals surface area contributed by atoms with Crippen LogP contribution in [-0.4, -0.2) is 28.1 Å². The highest BCUT2D eigenvalue weighted by atomic mass is 32.2. The number of hydrogen-bond acceptors (Lipinski definition) is 3. The van der Waals surface area contributed by atoms with Gasteiger partial charge in [-0.3, -0.25) is 4.79 Å². The van der Waals surface area contributed by atoms with Crippen LogP contribution in [0.1, 0.15) is 36.1 Å². The smallest absolute Gasteiger partial charge is 0.253 e. The molecule has 3 rings (SSSR count). The highest BCUT2D eigenvalue weighted by Crippen LogP contribution is 2.37. The second-order valence-electron chi connectivity index (χ2n) is 6.17. The van der Waals surface area contributed by atoms with E-state index in [1.807, 2.05) is 0 Å². The van der Waals surface area contributed by atoms with Gasteiger partial charge in [-0.2, -0.15) is 11.8 Å². The first-order valence-corrected chi connectivity index (χ1v) is 8.35. The Kier molecular flexibility index (Phi) is 3.55. The lowest BCUT2D eigenvalue weighted by Crippen LogP contribution is -2.48. The van der Waals surface area contributed by atoms with Crippen molar-refractivity contribution in [2.24, 2.45) is 5.92 Å². The number of aliphatic hydroxyl groups is 1. The lowest BCUT2D eigenvalue weighted by Gasteiger charge is -2.26. The second kappa shape index (κ2) is 5.08. The molecular formula is C16H21NO2S. The van der Waals surface area contributed by atoms with Crippen LogP contribution < -0.4 is 5.32 Å². The molecule has 108 valence electrons. The molecule has 2 aliphatic rings. The Morgan fingerprint density at radius 2 is 2.30 bits per heavy atom. The Morgan fingerprint density at radius 3 is 3.00 bits per heavy atom. The van der Waals surface area contributed by atoms with E-state index in [4.69, 9.17) is 0 Å². The number of thioether (sulfide) groups is 1. The lowest BCUT2D eigenvalue weighted by atomic mass is 9.98. The van der Waals surface area contributed by atoms with Crippen LogP contribution in [0.15, 0.2) is 18.2 Å². The van der Waals surface area contributed by atoms with E-state index in [-0.39, 0.29) is 11.9 Å². The van der Waals surface area contributed by atoms with Crippen molar-refractivity contribution in [1.29, 1.82) is 0 Å². The van der Waals surface area contributed by atoms with Crippen LogP contribution in [0.3, 0.4) is 0 Å². The highest BCUT2D eigenvalue weighted by molar-refractivity contribution is 7.99. The second-order valence-corrected chi connectivity index (χ2v) is 7.27. The molecule has 2 N–H and O–H groups in total. The first-order valence-electron chi connectivity index (χ1n) is 7.20. The van der Waals surface area contributed by atoms with Crippen LogP contribution in [0.4, 0.5) is 0 Å². The summed E-state index contributed by atoms with van der Waals surface area (Å²) in [6, 6.07) is 6.48. The number of amides is 1. The molecule has 0 spiro atoms. The fraction of sp³-hybridized carbons (Fsp3) is 0.562. The summed E-state index contributed by atoms with van der Waals surface area (Å²) in [5, 5.41) is 13.5. The van der Waals surface area contributed by atoms with Crippen molar-refractivity contribution in [3.05, 3.63) is 34.9 Å². The number of aryl methyl sites for hydroxylation is 1. The molecule has 1 saturated heterocycles. The Morgan fingerprint density at radius 1 is 1.50 bits per heavy atom. The monoisotopic (exact) mass is 291 g/mol. The van der Waals surface area contributed by atoms with Crippen LogP contribution >= 0.6 is 11.8 Å². The fourth-order valence-corrected chi connectivity index (χ4v) is 4.43. The van der Waals surface area contributed by atoms with Gasteiger partial charge in [-0.15, -0.1) is 0 Å². The van der Waals surface area contributed by atoms with Crippen LogP contribution in [0.25, 0.3) is 0 Å². The summed E-state index contributed by atoms with van der Waals surface area (Å²) in [6.07, 6.45) is 1.55. The first-order chi connectivity index (χ1) is 9.49. The Bertz CT molecular complexity index is 537. The molecule has 20 heavy (non-hydrogen) atoms. The summed E-state index contributed by atoms with van der Waals surface area (Å²) >= 11 is 1.65. The number of carbonyl (C=O) groups excluding carboxylic acids is 1. The predicted molar refractivity (Wildman–Crippen MR) is 81.8 cm³/mol. The minimum atomic E-state index is -1.17. The Hall–Kier alpha value is -1.000. The summed E-state index contributed by atoms with van der Waals surface area (Å²) in [4.78, 5) is 12.4. The minimum absolute atomic E-state index is 0.0343. The molecule has 0 bridgehead atoms. The molecule has 3 atom stereocenters. The Labute approximate surface area is 124 Å². The molecule has 1 fully saturated rings. The maximum Gasteiger partial charge on any atom is 0.253 e. The molecule has 1 aliphatic heterocycles. The average Bonchev–Trinajstić information content (AvgIpc) is 2.96. The normalized spacial score (nSPS) is 32.1. The SMILES string of the molecule is Cc1ccc2c(c1)[C@H](NC(=O)[C@]1(O)CCSC1)[C@H](C)C2. The lowest BCUT2D eigenvalue weighted by molar-refractivity contribution is -0.138. The number of nitrogens with one attached hydrogen (secondary N) is 1. The van der Waals surface area contributed by atoms with Gasteiger partial charge in [0.05, 0.1) is 6.04 Å². The number of hydrogen-bond donors (Lipinski definition) is 2. The van der Waals surface area contributed by atoms with Gasteiger partial charge in [-0.05, 0) is 42.6 Å². The van der Waals surface area contributed by atoms with E-state index in [2.05, 4.69) is 37.4 Å². The Balaban J connectivity index is 1.81. The van der Waals surface area contributed by atoms with E-state index in [9.17, 15) is 9.90 Å². The van der Waals surface area contributed by atoms with Crippen LogP contribution in [0.2, 0.25) is 0 Å². The van der Waals surface area contributed by atoms with Crippen molar-refractivity contribution in [3.8, 4) is 0 Å². The molecule has 1 heterocycles. The number of fused-ring (bicyclic) bond motifs is 1. The standard InChI is InChI=1S/C16H21NO2S/c1-10-3-4-12-8-11(2)14(13(12)7-10)17-15(18)16(19)5-6-20-9-16/h3-4,7,11,14,19H,5-6,8-9H2,1-2H3,(H,17,18)/t11-,14-,16+/m1/s1. The molecule has 0 aromatic heterocycles. The molecule has 0 unspecified atom stereocenters.